The van der Waals surface area contributed by atoms with Crippen LogP contribution >= 0.6 is 15.9 Å². The second-order valence-corrected chi connectivity index (χ2v) is 5.11. The summed E-state index contributed by atoms with van der Waals surface area (Å²) in [4.78, 5) is 16.1. The zero-order valence-electron chi connectivity index (χ0n) is 11.0. The number of hydrogen-bond acceptors (Lipinski definition) is 4. The maximum atomic E-state index is 12.1. The smallest absolute Gasteiger partial charge is 0.275 e. The van der Waals surface area contributed by atoms with Crippen molar-refractivity contribution in [2.75, 3.05) is 5.32 Å². The molecule has 2 rings (SSSR count). The van der Waals surface area contributed by atoms with Crippen LogP contribution in [0.4, 0.5) is 5.69 Å². The Balaban J connectivity index is 2.07. The summed E-state index contributed by atoms with van der Waals surface area (Å²) in [6.07, 6.45) is 1.90. The van der Waals surface area contributed by atoms with Gasteiger partial charge in [-0.3, -0.25) is 4.79 Å². The van der Waals surface area contributed by atoms with E-state index in [1.165, 1.54) is 0 Å². The van der Waals surface area contributed by atoms with Gasteiger partial charge in [-0.05, 0) is 45.8 Å². The number of amides is 1. The molecule has 0 radical (unpaired) electrons. The van der Waals surface area contributed by atoms with Crippen LogP contribution in [-0.2, 0) is 6.42 Å². The summed E-state index contributed by atoms with van der Waals surface area (Å²) in [6, 6.07) is 10.6. The number of hydrogen-bond donors (Lipinski definition) is 3. The number of pyridine rings is 1. The maximum Gasteiger partial charge on any atom is 0.275 e. The van der Waals surface area contributed by atoms with E-state index in [1.54, 1.807) is 42.6 Å². The van der Waals surface area contributed by atoms with Crippen LogP contribution in [0.3, 0.4) is 0 Å². The molecule has 7 heteroatoms. The van der Waals surface area contributed by atoms with Crippen LogP contribution in [0.5, 0.6) is 0 Å². The van der Waals surface area contributed by atoms with E-state index in [2.05, 4.69) is 31.4 Å². The normalized spacial score (nSPS) is 11.2. The summed E-state index contributed by atoms with van der Waals surface area (Å²) < 4.78 is 0.631. The van der Waals surface area contributed by atoms with Crippen LogP contribution < -0.4 is 11.1 Å². The summed E-state index contributed by atoms with van der Waals surface area (Å²) in [5.41, 5.74) is 7.27. The van der Waals surface area contributed by atoms with Gasteiger partial charge in [-0.15, -0.1) is 0 Å². The van der Waals surface area contributed by atoms with Gasteiger partial charge in [-0.25, -0.2) is 4.98 Å². The van der Waals surface area contributed by atoms with Gasteiger partial charge in [0.05, 0.1) is 0 Å². The molecule has 1 heterocycles. The lowest BCUT2D eigenvalue weighted by molar-refractivity contribution is 0.102. The van der Waals surface area contributed by atoms with E-state index in [1.807, 2.05) is 0 Å². The summed E-state index contributed by atoms with van der Waals surface area (Å²) in [5, 5.41) is 14.2. The second-order valence-electron chi connectivity index (χ2n) is 4.25. The third kappa shape index (κ3) is 4.03. The van der Waals surface area contributed by atoms with Crippen LogP contribution in [0.15, 0.2) is 52.2 Å². The molecule has 0 aliphatic rings. The number of benzene rings is 1. The van der Waals surface area contributed by atoms with Gasteiger partial charge in [0.25, 0.3) is 5.91 Å². The first-order valence-electron chi connectivity index (χ1n) is 6.07. The Morgan fingerprint density at radius 1 is 1.33 bits per heavy atom. The highest BCUT2D eigenvalue weighted by atomic mass is 79.9. The number of nitrogens with zero attached hydrogens (tertiary/aromatic N) is 2. The van der Waals surface area contributed by atoms with E-state index in [-0.39, 0.29) is 11.7 Å². The quantitative estimate of drug-likeness (QED) is 0.341. The summed E-state index contributed by atoms with van der Waals surface area (Å²) in [5.74, 6) is -0.170. The van der Waals surface area contributed by atoms with E-state index in [0.29, 0.717) is 22.3 Å². The van der Waals surface area contributed by atoms with Crippen molar-refractivity contribution in [3.63, 3.8) is 0 Å². The minimum Gasteiger partial charge on any atom is -0.409 e. The molecule has 0 spiro atoms. The SMILES string of the molecule is N/C(Cc1ccc(NC(=O)c2ncccc2Br)cc1)=N/O. The molecular formula is C14H13BrN4O2. The fourth-order valence-corrected chi connectivity index (χ4v) is 2.13. The van der Waals surface area contributed by atoms with Crippen molar-refractivity contribution in [3.05, 3.63) is 58.3 Å². The van der Waals surface area contributed by atoms with E-state index < -0.39 is 0 Å². The van der Waals surface area contributed by atoms with E-state index in [4.69, 9.17) is 10.9 Å². The van der Waals surface area contributed by atoms with Crippen LogP contribution in [0.2, 0.25) is 0 Å². The number of carbonyl (C=O) groups is 1. The van der Waals surface area contributed by atoms with Gasteiger partial charge in [0, 0.05) is 22.8 Å². The molecule has 1 aromatic heterocycles. The fraction of sp³-hybridized carbons (Fsp3) is 0.0714. The lowest BCUT2D eigenvalue weighted by Gasteiger charge is -2.07. The van der Waals surface area contributed by atoms with Crippen molar-refractivity contribution in [3.8, 4) is 0 Å². The third-order valence-electron chi connectivity index (χ3n) is 2.70. The van der Waals surface area contributed by atoms with Gasteiger partial charge in [-0.2, -0.15) is 0 Å². The Kier molecular flexibility index (Phi) is 4.89. The van der Waals surface area contributed by atoms with Gasteiger partial charge in [0.1, 0.15) is 11.5 Å². The van der Waals surface area contributed by atoms with Crippen molar-refractivity contribution < 1.29 is 10.0 Å². The highest BCUT2D eigenvalue weighted by Gasteiger charge is 2.11. The highest BCUT2D eigenvalue weighted by molar-refractivity contribution is 9.10. The number of anilines is 1. The Morgan fingerprint density at radius 3 is 2.67 bits per heavy atom. The summed E-state index contributed by atoms with van der Waals surface area (Å²) >= 11 is 3.28. The van der Waals surface area contributed by atoms with Crippen molar-refractivity contribution in [1.82, 2.24) is 4.98 Å². The predicted octanol–water partition coefficient (Wildman–Crippen LogP) is 2.39. The topological polar surface area (TPSA) is 101 Å². The number of carbonyl (C=O) groups excluding carboxylic acids is 1. The molecule has 1 aromatic carbocycles. The first kappa shape index (κ1) is 15.0. The van der Waals surface area contributed by atoms with E-state index in [9.17, 15) is 4.79 Å². The molecule has 0 saturated heterocycles. The standard InChI is InChI=1S/C14H13BrN4O2/c15-11-2-1-7-17-13(11)14(20)18-10-5-3-9(4-6-10)8-12(16)19-21/h1-7,21H,8H2,(H2,16,19)(H,18,20). The molecule has 0 aliphatic heterocycles. The molecule has 4 N–H and O–H groups in total. The summed E-state index contributed by atoms with van der Waals surface area (Å²) in [7, 11) is 0. The molecule has 0 aliphatic carbocycles. The number of amidine groups is 1. The number of halogens is 1. The summed E-state index contributed by atoms with van der Waals surface area (Å²) in [6.45, 7) is 0. The predicted molar refractivity (Wildman–Crippen MR) is 83.4 cm³/mol. The zero-order valence-corrected chi connectivity index (χ0v) is 12.5. The van der Waals surface area contributed by atoms with Gasteiger partial charge in [0.2, 0.25) is 0 Å². The number of nitrogens with one attached hydrogen (secondary N) is 1. The maximum absolute atomic E-state index is 12.1. The van der Waals surface area contributed by atoms with Crippen LogP contribution in [-0.4, -0.2) is 21.9 Å². The Morgan fingerprint density at radius 2 is 2.05 bits per heavy atom. The zero-order chi connectivity index (χ0) is 15.2. The largest absolute Gasteiger partial charge is 0.409 e. The van der Waals surface area contributed by atoms with Crippen molar-refractivity contribution in [1.29, 1.82) is 0 Å². The molecule has 0 saturated carbocycles. The average Bonchev–Trinajstić information content (AvgIpc) is 2.49. The van der Waals surface area contributed by atoms with Crippen molar-refractivity contribution in [2.24, 2.45) is 10.9 Å². The molecule has 0 bridgehead atoms. The molecule has 108 valence electrons. The second kappa shape index (κ2) is 6.85. The van der Waals surface area contributed by atoms with Crippen molar-refractivity contribution >= 4 is 33.4 Å². The Labute approximate surface area is 129 Å². The molecule has 0 fully saturated rings. The van der Waals surface area contributed by atoms with E-state index in [0.717, 1.165) is 5.56 Å². The molecule has 2 aromatic rings. The Hall–Kier alpha value is -2.41. The molecule has 0 atom stereocenters. The van der Waals surface area contributed by atoms with Crippen LogP contribution in [0, 0.1) is 0 Å². The molecule has 6 nitrogen and oxygen atoms in total. The number of rotatable bonds is 4. The first-order chi connectivity index (χ1) is 10.1. The van der Waals surface area contributed by atoms with Gasteiger partial charge < -0.3 is 16.3 Å². The molecule has 0 unspecified atom stereocenters. The van der Waals surface area contributed by atoms with Crippen molar-refractivity contribution in [2.45, 2.75) is 6.42 Å². The molecule has 21 heavy (non-hydrogen) atoms. The van der Waals surface area contributed by atoms with Gasteiger partial charge >= 0.3 is 0 Å². The Bertz CT molecular complexity index is 671. The minimum absolute atomic E-state index is 0.129. The number of aromatic nitrogens is 1. The molecule has 1 amide bonds. The minimum atomic E-state index is -0.299. The van der Waals surface area contributed by atoms with Crippen LogP contribution in [0.25, 0.3) is 0 Å². The van der Waals surface area contributed by atoms with Crippen LogP contribution in [0.1, 0.15) is 16.1 Å². The number of oxime groups is 1. The van der Waals surface area contributed by atoms with E-state index >= 15 is 0 Å². The third-order valence-corrected chi connectivity index (χ3v) is 3.34. The van der Waals surface area contributed by atoms with Gasteiger partial charge in [-0.1, -0.05) is 17.3 Å². The average molecular weight is 349 g/mol. The monoisotopic (exact) mass is 348 g/mol. The molecular weight excluding hydrogens is 336 g/mol. The lowest BCUT2D eigenvalue weighted by Crippen LogP contribution is -2.15. The lowest BCUT2D eigenvalue weighted by atomic mass is 10.1. The van der Waals surface area contributed by atoms with Gasteiger partial charge in [0.15, 0.2) is 0 Å². The number of nitrogens with two attached hydrogens (primary N) is 1. The highest BCUT2D eigenvalue weighted by Crippen LogP contribution is 2.16. The first-order valence-corrected chi connectivity index (χ1v) is 6.86. The fourth-order valence-electron chi connectivity index (χ4n) is 1.69.